The van der Waals surface area contributed by atoms with E-state index in [2.05, 4.69) is 35.1 Å². The van der Waals surface area contributed by atoms with Crippen molar-refractivity contribution in [1.82, 2.24) is 5.32 Å². The Morgan fingerprint density at radius 3 is 2.76 bits per heavy atom. The van der Waals surface area contributed by atoms with E-state index in [0.717, 1.165) is 16.0 Å². The second-order valence-corrected chi connectivity index (χ2v) is 6.36. The number of nitrogens with one attached hydrogen (secondary N) is 1. The lowest BCUT2D eigenvalue weighted by molar-refractivity contribution is 0.157. The summed E-state index contributed by atoms with van der Waals surface area (Å²) in [5.41, 5.74) is 1.10. The zero-order valence-corrected chi connectivity index (χ0v) is 12.0. The van der Waals surface area contributed by atoms with Crippen LogP contribution in [0.3, 0.4) is 0 Å². The van der Waals surface area contributed by atoms with Gasteiger partial charge in [0.2, 0.25) is 0 Å². The largest absolute Gasteiger partial charge is 0.387 e. The Hall–Kier alpha value is -0.380. The van der Waals surface area contributed by atoms with E-state index in [4.69, 9.17) is 0 Å². The number of hydrogen-bond acceptors (Lipinski definition) is 2. The number of hydrogen-bond donors (Lipinski definition) is 2. The molecule has 0 amide bonds. The van der Waals surface area contributed by atoms with Gasteiger partial charge in [0.1, 0.15) is 0 Å². The van der Waals surface area contributed by atoms with Gasteiger partial charge in [0.15, 0.2) is 0 Å². The first-order valence-corrected chi connectivity index (χ1v) is 6.97. The molecule has 0 bridgehead atoms. The van der Waals surface area contributed by atoms with Crippen LogP contribution >= 0.6 is 15.9 Å². The van der Waals surface area contributed by atoms with Gasteiger partial charge in [-0.25, -0.2) is 0 Å². The topological polar surface area (TPSA) is 32.3 Å². The maximum atomic E-state index is 10.1. The zero-order chi connectivity index (χ0) is 12.5. The Morgan fingerprint density at radius 2 is 2.18 bits per heavy atom. The molecular formula is C14H20BrNO. The Bertz CT molecular complexity index is 388. The van der Waals surface area contributed by atoms with Crippen molar-refractivity contribution < 1.29 is 5.11 Å². The molecule has 1 saturated carbocycles. The molecule has 0 heterocycles. The van der Waals surface area contributed by atoms with Crippen LogP contribution in [0.1, 0.15) is 38.4 Å². The minimum atomic E-state index is -0.439. The average Bonchev–Trinajstić information content (AvgIpc) is 3.10. The Labute approximate surface area is 112 Å². The highest BCUT2D eigenvalue weighted by Crippen LogP contribution is 2.39. The lowest BCUT2D eigenvalue weighted by Gasteiger charge is -2.28. The molecule has 3 heteroatoms. The van der Waals surface area contributed by atoms with E-state index in [0.29, 0.717) is 6.54 Å². The summed E-state index contributed by atoms with van der Waals surface area (Å²) in [7, 11) is 0. The first kappa shape index (κ1) is 13.1. The predicted octanol–water partition coefficient (Wildman–Crippen LogP) is 3.26. The molecule has 0 radical (unpaired) electrons. The lowest BCUT2D eigenvalue weighted by atomic mass is 9.98. The summed E-state index contributed by atoms with van der Waals surface area (Å²) < 4.78 is 1.01. The highest BCUT2D eigenvalue weighted by molar-refractivity contribution is 9.10. The molecule has 1 aromatic rings. The standard InChI is InChI=1S/C14H20BrNO/c1-14(2,11-6-7-11)16-9-13(17)10-4-3-5-12(15)8-10/h3-5,8,11,13,16-17H,6-7,9H2,1-2H3. The lowest BCUT2D eigenvalue weighted by Crippen LogP contribution is -2.43. The van der Waals surface area contributed by atoms with Crippen LogP contribution in [0.15, 0.2) is 28.7 Å². The molecule has 0 aliphatic heterocycles. The fourth-order valence-electron chi connectivity index (χ4n) is 2.14. The molecule has 1 unspecified atom stereocenters. The molecule has 94 valence electrons. The summed E-state index contributed by atoms with van der Waals surface area (Å²) in [5, 5.41) is 13.6. The van der Waals surface area contributed by atoms with E-state index in [1.165, 1.54) is 12.8 Å². The van der Waals surface area contributed by atoms with Crippen molar-refractivity contribution in [1.29, 1.82) is 0 Å². The number of benzene rings is 1. The number of halogens is 1. The van der Waals surface area contributed by atoms with Gasteiger partial charge < -0.3 is 10.4 Å². The zero-order valence-electron chi connectivity index (χ0n) is 10.4. The number of rotatable bonds is 5. The van der Waals surface area contributed by atoms with Crippen LogP contribution in [0.5, 0.6) is 0 Å². The number of aliphatic hydroxyl groups is 1. The summed E-state index contributed by atoms with van der Waals surface area (Å²) in [6, 6.07) is 7.85. The van der Waals surface area contributed by atoms with E-state index in [1.807, 2.05) is 24.3 Å². The predicted molar refractivity (Wildman–Crippen MR) is 73.9 cm³/mol. The van der Waals surface area contributed by atoms with E-state index in [1.54, 1.807) is 0 Å². The maximum absolute atomic E-state index is 10.1. The molecule has 2 rings (SSSR count). The van der Waals surface area contributed by atoms with Crippen molar-refractivity contribution in [3.8, 4) is 0 Å². The summed E-state index contributed by atoms with van der Waals surface area (Å²) in [6.07, 6.45) is 2.19. The smallest absolute Gasteiger partial charge is 0.0914 e. The number of β-amino-alcohol motifs (C(OH)–C–C–N with tert-alkyl or cyclic N) is 1. The monoisotopic (exact) mass is 297 g/mol. The van der Waals surface area contributed by atoms with Gasteiger partial charge in [0.25, 0.3) is 0 Å². The van der Waals surface area contributed by atoms with Gasteiger partial charge in [-0.15, -0.1) is 0 Å². The van der Waals surface area contributed by atoms with Gasteiger partial charge in [-0.1, -0.05) is 28.1 Å². The first-order valence-electron chi connectivity index (χ1n) is 6.17. The molecule has 0 spiro atoms. The van der Waals surface area contributed by atoms with Crippen LogP contribution in [0.25, 0.3) is 0 Å². The van der Waals surface area contributed by atoms with Crippen LogP contribution in [0, 0.1) is 5.92 Å². The van der Waals surface area contributed by atoms with Crippen LogP contribution in [0.2, 0.25) is 0 Å². The fourth-order valence-corrected chi connectivity index (χ4v) is 2.56. The summed E-state index contributed by atoms with van der Waals surface area (Å²) in [5.74, 6) is 0.775. The Kier molecular flexibility index (Phi) is 3.91. The molecule has 17 heavy (non-hydrogen) atoms. The molecule has 0 aromatic heterocycles. The summed E-state index contributed by atoms with van der Waals surface area (Å²) in [4.78, 5) is 0. The third-order valence-electron chi connectivity index (χ3n) is 3.58. The Balaban J connectivity index is 1.90. The van der Waals surface area contributed by atoms with Crippen LogP contribution in [-0.2, 0) is 0 Å². The third kappa shape index (κ3) is 3.54. The highest BCUT2D eigenvalue weighted by Gasteiger charge is 2.37. The van der Waals surface area contributed by atoms with Crippen molar-refractivity contribution in [2.45, 2.75) is 38.3 Å². The van der Waals surface area contributed by atoms with Crippen LogP contribution < -0.4 is 5.32 Å². The Morgan fingerprint density at radius 1 is 1.47 bits per heavy atom. The molecule has 1 aromatic carbocycles. The van der Waals surface area contributed by atoms with Crippen LogP contribution in [0.4, 0.5) is 0 Å². The SMILES string of the molecule is CC(C)(NCC(O)c1cccc(Br)c1)C1CC1. The van der Waals surface area contributed by atoms with Gasteiger partial charge in [0.05, 0.1) is 6.10 Å². The van der Waals surface area contributed by atoms with Crippen molar-refractivity contribution in [3.05, 3.63) is 34.3 Å². The van der Waals surface area contributed by atoms with E-state index in [9.17, 15) is 5.11 Å². The highest BCUT2D eigenvalue weighted by atomic mass is 79.9. The first-order chi connectivity index (χ1) is 7.99. The summed E-state index contributed by atoms with van der Waals surface area (Å²) >= 11 is 3.42. The normalized spacial score (nSPS) is 18.1. The molecule has 1 aliphatic rings. The average molecular weight is 298 g/mol. The van der Waals surface area contributed by atoms with Crippen molar-refractivity contribution in [2.75, 3.05) is 6.54 Å². The van der Waals surface area contributed by atoms with Crippen molar-refractivity contribution >= 4 is 15.9 Å². The fraction of sp³-hybridized carbons (Fsp3) is 0.571. The minimum absolute atomic E-state index is 0.146. The third-order valence-corrected chi connectivity index (χ3v) is 4.08. The molecule has 2 nitrogen and oxygen atoms in total. The molecule has 1 atom stereocenters. The molecule has 1 aliphatic carbocycles. The number of aliphatic hydroxyl groups excluding tert-OH is 1. The van der Waals surface area contributed by atoms with Crippen molar-refractivity contribution in [3.63, 3.8) is 0 Å². The molecular weight excluding hydrogens is 278 g/mol. The summed E-state index contributed by atoms with van der Waals surface area (Å²) in [6.45, 7) is 5.05. The quantitative estimate of drug-likeness (QED) is 0.874. The van der Waals surface area contributed by atoms with Gasteiger partial charge >= 0.3 is 0 Å². The van der Waals surface area contributed by atoms with Crippen molar-refractivity contribution in [2.24, 2.45) is 5.92 Å². The molecule has 0 saturated heterocycles. The van der Waals surface area contributed by atoms with Gasteiger partial charge in [0, 0.05) is 16.6 Å². The van der Waals surface area contributed by atoms with Gasteiger partial charge in [-0.05, 0) is 50.3 Å². The van der Waals surface area contributed by atoms with Gasteiger partial charge in [-0.3, -0.25) is 0 Å². The molecule has 1 fully saturated rings. The van der Waals surface area contributed by atoms with E-state index >= 15 is 0 Å². The van der Waals surface area contributed by atoms with Gasteiger partial charge in [-0.2, -0.15) is 0 Å². The molecule has 2 N–H and O–H groups in total. The van der Waals surface area contributed by atoms with Crippen LogP contribution in [-0.4, -0.2) is 17.2 Å². The van der Waals surface area contributed by atoms with E-state index in [-0.39, 0.29) is 5.54 Å². The maximum Gasteiger partial charge on any atom is 0.0914 e. The second kappa shape index (κ2) is 5.09. The van der Waals surface area contributed by atoms with E-state index < -0.39 is 6.10 Å². The minimum Gasteiger partial charge on any atom is -0.387 e. The second-order valence-electron chi connectivity index (χ2n) is 5.45.